The van der Waals surface area contributed by atoms with Crippen LogP contribution in [0.1, 0.15) is 17.5 Å². The second-order valence-electron chi connectivity index (χ2n) is 6.36. The predicted molar refractivity (Wildman–Crippen MR) is 99.8 cm³/mol. The number of halogens is 1. The van der Waals surface area contributed by atoms with Crippen LogP contribution in [0.25, 0.3) is 0 Å². The molecule has 130 valence electrons. The fourth-order valence-corrected chi connectivity index (χ4v) is 3.23. The van der Waals surface area contributed by atoms with Crippen LogP contribution in [0.5, 0.6) is 0 Å². The van der Waals surface area contributed by atoms with Gasteiger partial charge in [0, 0.05) is 30.2 Å². The summed E-state index contributed by atoms with van der Waals surface area (Å²) >= 11 is 5.86. The minimum absolute atomic E-state index is 0.00662. The quantitative estimate of drug-likeness (QED) is 0.893. The number of nitrogens with zero attached hydrogens (tertiary/aromatic N) is 1. The Labute approximate surface area is 152 Å². The van der Waals surface area contributed by atoms with Gasteiger partial charge in [-0.1, -0.05) is 41.9 Å². The molecule has 1 aliphatic heterocycles. The van der Waals surface area contributed by atoms with Gasteiger partial charge in [-0.25, -0.2) is 0 Å². The third kappa shape index (κ3) is 4.20. The van der Waals surface area contributed by atoms with E-state index in [1.807, 2.05) is 55.5 Å². The van der Waals surface area contributed by atoms with Crippen LogP contribution in [0.4, 0.5) is 5.69 Å². The van der Waals surface area contributed by atoms with Crippen LogP contribution in [0, 0.1) is 12.8 Å². The van der Waals surface area contributed by atoms with Crippen LogP contribution >= 0.6 is 11.6 Å². The summed E-state index contributed by atoms with van der Waals surface area (Å²) in [4.78, 5) is 26.4. The number of hydrogen-bond donors (Lipinski definition) is 1. The van der Waals surface area contributed by atoms with E-state index >= 15 is 0 Å². The zero-order chi connectivity index (χ0) is 17.8. The number of rotatable bonds is 5. The molecule has 0 aromatic heterocycles. The zero-order valence-corrected chi connectivity index (χ0v) is 14.9. The van der Waals surface area contributed by atoms with Gasteiger partial charge in [-0.2, -0.15) is 0 Å². The van der Waals surface area contributed by atoms with E-state index < -0.39 is 0 Å². The molecular weight excluding hydrogens is 336 g/mol. The summed E-state index contributed by atoms with van der Waals surface area (Å²) in [6.07, 6.45) is 1.01. The maximum absolute atomic E-state index is 12.4. The molecule has 0 bridgehead atoms. The normalized spacial score (nSPS) is 17.0. The van der Waals surface area contributed by atoms with Crippen molar-refractivity contribution in [3.05, 3.63) is 64.7 Å². The van der Waals surface area contributed by atoms with Gasteiger partial charge in [0.25, 0.3) is 0 Å². The molecular formula is C20H21ClN2O2. The largest absolute Gasteiger partial charge is 0.355 e. The first-order valence-corrected chi connectivity index (χ1v) is 8.80. The molecule has 1 aliphatic rings. The van der Waals surface area contributed by atoms with Crippen molar-refractivity contribution in [2.24, 2.45) is 5.92 Å². The lowest BCUT2D eigenvalue weighted by Gasteiger charge is -2.19. The highest BCUT2D eigenvalue weighted by Gasteiger charge is 2.35. The smallest absolute Gasteiger partial charge is 0.227 e. The summed E-state index contributed by atoms with van der Waals surface area (Å²) in [6.45, 7) is 2.97. The molecule has 2 aromatic rings. The average Bonchev–Trinajstić information content (AvgIpc) is 2.99. The molecule has 1 atom stereocenters. The maximum atomic E-state index is 12.4. The van der Waals surface area contributed by atoms with E-state index in [-0.39, 0.29) is 24.2 Å². The molecule has 1 fully saturated rings. The summed E-state index contributed by atoms with van der Waals surface area (Å²) in [6, 6.07) is 15.3. The molecule has 1 N–H and O–H groups in total. The zero-order valence-electron chi connectivity index (χ0n) is 14.2. The summed E-state index contributed by atoms with van der Waals surface area (Å²) in [7, 11) is 0. The molecule has 2 aromatic carbocycles. The Morgan fingerprint density at radius 3 is 2.64 bits per heavy atom. The average molecular weight is 357 g/mol. The first kappa shape index (κ1) is 17.5. The number of amides is 2. The summed E-state index contributed by atoms with van der Waals surface area (Å²) < 4.78 is 0. The van der Waals surface area contributed by atoms with E-state index in [1.165, 1.54) is 0 Å². The molecule has 5 heteroatoms. The standard InChI is InChI=1S/C20H21ClN2O2/c1-14-4-2-3-5-18(14)23-13-16(12-19(23)24)20(25)22-11-10-15-6-8-17(21)9-7-15/h2-9,16H,10-13H2,1H3,(H,22,25). The van der Waals surface area contributed by atoms with Crippen molar-refractivity contribution in [3.63, 3.8) is 0 Å². The van der Waals surface area contributed by atoms with E-state index in [4.69, 9.17) is 11.6 Å². The Kier molecular flexibility index (Phi) is 5.39. The molecule has 0 spiro atoms. The van der Waals surface area contributed by atoms with E-state index in [1.54, 1.807) is 4.90 Å². The fraction of sp³-hybridized carbons (Fsp3) is 0.300. The van der Waals surface area contributed by atoms with Crippen molar-refractivity contribution < 1.29 is 9.59 Å². The molecule has 0 aliphatic carbocycles. The number of carbonyl (C=O) groups is 2. The Hall–Kier alpha value is -2.33. The highest BCUT2D eigenvalue weighted by atomic mass is 35.5. The number of benzene rings is 2. The molecule has 25 heavy (non-hydrogen) atoms. The monoisotopic (exact) mass is 356 g/mol. The van der Waals surface area contributed by atoms with Gasteiger partial charge in [0.2, 0.25) is 11.8 Å². The van der Waals surface area contributed by atoms with Crippen LogP contribution in [-0.4, -0.2) is 24.9 Å². The molecule has 2 amide bonds. The maximum Gasteiger partial charge on any atom is 0.227 e. The highest BCUT2D eigenvalue weighted by Crippen LogP contribution is 2.27. The van der Waals surface area contributed by atoms with Crippen molar-refractivity contribution in [2.75, 3.05) is 18.0 Å². The van der Waals surface area contributed by atoms with Gasteiger partial charge in [-0.05, 0) is 42.7 Å². The van der Waals surface area contributed by atoms with Crippen LogP contribution in [0.3, 0.4) is 0 Å². The van der Waals surface area contributed by atoms with Crippen molar-refractivity contribution in [1.29, 1.82) is 0 Å². The molecule has 0 radical (unpaired) electrons. The summed E-state index contributed by atoms with van der Waals surface area (Å²) in [5, 5.41) is 3.65. The molecule has 0 saturated carbocycles. The second-order valence-corrected chi connectivity index (χ2v) is 6.80. The summed E-state index contributed by atoms with van der Waals surface area (Å²) in [5.41, 5.74) is 3.05. The molecule has 1 heterocycles. The lowest BCUT2D eigenvalue weighted by molar-refractivity contribution is -0.126. The highest BCUT2D eigenvalue weighted by molar-refractivity contribution is 6.30. The minimum atomic E-state index is -0.294. The third-order valence-corrected chi connectivity index (χ3v) is 4.78. The van der Waals surface area contributed by atoms with Gasteiger partial charge in [-0.3, -0.25) is 9.59 Å². The number of anilines is 1. The minimum Gasteiger partial charge on any atom is -0.355 e. The van der Waals surface area contributed by atoms with Gasteiger partial charge >= 0.3 is 0 Å². The Morgan fingerprint density at radius 1 is 1.20 bits per heavy atom. The van der Waals surface area contributed by atoms with Crippen molar-refractivity contribution in [1.82, 2.24) is 5.32 Å². The third-order valence-electron chi connectivity index (χ3n) is 4.53. The van der Waals surface area contributed by atoms with Gasteiger partial charge in [-0.15, -0.1) is 0 Å². The topological polar surface area (TPSA) is 49.4 Å². The lowest BCUT2D eigenvalue weighted by Crippen LogP contribution is -2.34. The lowest BCUT2D eigenvalue weighted by atomic mass is 10.1. The van der Waals surface area contributed by atoms with Crippen molar-refractivity contribution in [3.8, 4) is 0 Å². The SMILES string of the molecule is Cc1ccccc1N1CC(C(=O)NCCc2ccc(Cl)cc2)CC1=O. The first-order valence-electron chi connectivity index (χ1n) is 8.43. The van der Waals surface area contributed by atoms with Crippen LogP contribution in [0.2, 0.25) is 5.02 Å². The van der Waals surface area contributed by atoms with E-state index in [0.717, 1.165) is 23.2 Å². The number of aryl methyl sites for hydroxylation is 1. The van der Waals surface area contributed by atoms with Gasteiger partial charge in [0.05, 0.1) is 5.92 Å². The first-order chi connectivity index (χ1) is 12.0. The molecule has 4 nitrogen and oxygen atoms in total. The number of para-hydroxylation sites is 1. The number of carbonyl (C=O) groups excluding carboxylic acids is 2. The van der Waals surface area contributed by atoms with Gasteiger partial charge in [0.15, 0.2) is 0 Å². The Bertz CT molecular complexity index is 774. The Balaban J connectivity index is 1.54. The number of nitrogens with one attached hydrogen (secondary N) is 1. The van der Waals surface area contributed by atoms with Gasteiger partial charge < -0.3 is 10.2 Å². The second kappa shape index (κ2) is 7.70. The fourth-order valence-electron chi connectivity index (χ4n) is 3.11. The van der Waals surface area contributed by atoms with E-state index in [0.29, 0.717) is 18.1 Å². The molecule has 1 unspecified atom stereocenters. The van der Waals surface area contributed by atoms with E-state index in [2.05, 4.69) is 5.32 Å². The van der Waals surface area contributed by atoms with E-state index in [9.17, 15) is 9.59 Å². The van der Waals surface area contributed by atoms with Crippen LogP contribution < -0.4 is 10.2 Å². The number of hydrogen-bond acceptors (Lipinski definition) is 2. The van der Waals surface area contributed by atoms with Gasteiger partial charge in [0.1, 0.15) is 0 Å². The van der Waals surface area contributed by atoms with Crippen molar-refractivity contribution in [2.45, 2.75) is 19.8 Å². The summed E-state index contributed by atoms with van der Waals surface area (Å²) in [5.74, 6) is -0.345. The molecule has 1 saturated heterocycles. The Morgan fingerprint density at radius 2 is 1.92 bits per heavy atom. The van der Waals surface area contributed by atoms with Crippen LogP contribution in [-0.2, 0) is 16.0 Å². The van der Waals surface area contributed by atoms with Crippen LogP contribution in [0.15, 0.2) is 48.5 Å². The predicted octanol–water partition coefficient (Wildman–Crippen LogP) is 3.36. The molecule has 3 rings (SSSR count). The van der Waals surface area contributed by atoms with Crippen molar-refractivity contribution >= 4 is 29.1 Å².